The van der Waals surface area contributed by atoms with Gasteiger partial charge in [-0.15, -0.1) is 0 Å². The van der Waals surface area contributed by atoms with Crippen LogP contribution in [0.4, 0.5) is 0 Å². The van der Waals surface area contributed by atoms with E-state index in [9.17, 15) is 9.90 Å². The van der Waals surface area contributed by atoms with Gasteiger partial charge in [0, 0.05) is 12.6 Å². The first kappa shape index (κ1) is 15.3. The third-order valence-electron chi connectivity index (χ3n) is 4.01. The van der Waals surface area contributed by atoms with Crippen LogP contribution in [0.5, 0.6) is 5.75 Å². The van der Waals surface area contributed by atoms with Crippen LogP contribution in [-0.4, -0.2) is 22.2 Å². The summed E-state index contributed by atoms with van der Waals surface area (Å²) in [5, 5.41) is 9.33. The van der Waals surface area contributed by atoms with Crippen molar-refractivity contribution in [1.82, 2.24) is 4.98 Å². The Morgan fingerprint density at radius 1 is 1.30 bits per heavy atom. The molecule has 0 saturated heterocycles. The van der Waals surface area contributed by atoms with Gasteiger partial charge in [-0.25, -0.2) is 4.79 Å². The molecular formula is C19H19NO3. The highest BCUT2D eigenvalue weighted by molar-refractivity contribution is 5.91. The van der Waals surface area contributed by atoms with Gasteiger partial charge in [-0.2, -0.15) is 0 Å². The molecule has 1 aromatic carbocycles. The lowest BCUT2D eigenvalue weighted by Gasteiger charge is -2.20. The van der Waals surface area contributed by atoms with Crippen molar-refractivity contribution in [2.75, 3.05) is 0 Å². The van der Waals surface area contributed by atoms with Crippen LogP contribution in [0.25, 0.3) is 6.08 Å². The van der Waals surface area contributed by atoms with Gasteiger partial charge in [0.1, 0.15) is 11.9 Å². The number of hydrogen-bond donors (Lipinski definition) is 1. The van der Waals surface area contributed by atoms with Gasteiger partial charge in [0.2, 0.25) is 0 Å². The number of para-hydroxylation sites is 1. The molecule has 1 heterocycles. The second-order valence-corrected chi connectivity index (χ2v) is 5.63. The van der Waals surface area contributed by atoms with Crippen molar-refractivity contribution in [2.24, 2.45) is 0 Å². The molecule has 0 bridgehead atoms. The fraction of sp³-hybridized carbons (Fsp3) is 0.263. The number of carboxylic acids is 1. The van der Waals surface area contributed by atoms with Crippen molar-refractivity contribution in [3.05, 3.63) is 65.0 Å². The standard InChI is InChI=1S/C19H19NO3/c1-2-6-18(23-14-7-4-3-5-8-14)13-11-16-15(19(21)22)9-10-20-17(16)12-13/h3-5,7-10,12,18H,2,6,11H2,1H3,(H,21,22). The first-order chi connectivity index (χ1) is 11.2. The van der Waals surface area contributed by atoms with E-state index in [1.54, 1.807) is 12.3 Å². The monoisotopic (exact) mass is 309 g/mol. The smallest absolute Gasteiger partial charge is 0.336 e. The third kappa shape index (κ3) is 3.26. The summed E-state index contributed by atoms with van der Waals surface area (Å²) in [6, 6.07) is 11.3. The van der Waals surface area contributed by atoms with E-state index >= 15 is 0 Å². The minimum atomic E-state index is -0.908. The van der Waals surface area contributed by atoms with Gasteiger partial charge in [-0.05, 0) is 41.8 Å². The number of fused-ring (bicyclic) bond motifs is 1. The normalized spacial score (nSPS) is 14.0. The van der Waals surface area contributed by atoms with Gasteiger partial charge in [0.05, 0.1) is 11.3 Å². The zero-order chi connectivity index (χ0) is 16.2. The maximum Gasteiger partial charge on any atom is 0.336 e. The lowest BCUT2D eigenvalue weighted by Crippen LogP contribution is -2.19. The van der Waals surface area contributed by atoms with Crippen molar-refractivity contribution in [2.45, 2.75) is 32.3 Å². The number of benzene rings is 1. The molecule has 0 fully saturated rings. The first-order valence-corrected chi connectivity index (χ1v) is 7.82. The molecule has 23 heavy (non-hydrogen) atoms. The van der Waals surface area contributed by atoms with E-state index in [2.05, 4.69) is 11.9 Å². The van der Waals surface area contributed by atoms with Gasteiger partial charge >= 0.3 is 5.97 Å². The average molecular weight is 309 g/mol. The van der Waals surface area contributed by atoms with Crippen molar-refractivity contribution in [3.8, 4) is 5.75 Å². The maximum atomic E-state index is 11.4. The number of ether oxygens (including phenoxy) is 1. The predicted molar refractivity (Wildman–Crippen MR) is 88.6 cm³/mol. The number of carboxylic acid groups (broad SMARTS) is 1. The molecule has 4 nitrogen and oxygen atoms in total. The van der Waals surface area contributed by atoms with Crippen molar-refractivity contribution in [3.63, 3.8) is 0 Å². The Morgan fingerprint density at radius 2 is 2.09 bits per heavy atom. The summed E-state index contributed by atoms with van der Waals surface area (Å²) in [6.45, 7) is 2.12. The molecule has 3 rings (SSSR count). The number of hydrogen-bond acceptors (Lipinski definition) is 3. The van der Waals surface area contributed by atoms with Crippen LogP contribution in [0, 0.1) is 0 Å². The molecule has 1 aromatic heterocycles. The van der Waals surface area contributed by atoms with Crippen LogP contribution in [0.15, 0.2) is 48.2 Å². The minimum Gasteiger partial charge on any atom is -0.486 e. The van der Waals surface area contributed by atoms with Crippen molar-refractivity contribution >= 4 is 12.0 Å². The van der Waals surface area contributed by atoms with E-state index in [4.69, 9.17) is 4.74 Å². The van der Waals surface area contributed by atoms with E-state index in [1.807, 2.05) is 36.4 Å². The fourth-order valence-corrected chi connectivity index (χ4v) is 2.90. The summed E-state index contributed by atoms with van der Waals surface area (Å²) in [7, 11) is 0. The Labute approximate surface area is 135 Å². The lowest BCUT2D eigenvalue weighted by atomic mass is 10.0. The van der Waals surface area contributed by atoms with Crippen molar-refractivity contribution < 1.29 is 14.6 Å². The second-order valence-electron chi connectivity index (χ2n) is 5.63. The van der Waals surface area contributed by atoms with E-state index < -0.39 is 5.97 Å². The molecule has 1 aliphatic carbocycles. The lowest BCUT2D eigenvalue weighted by molar-refractivity contribution is 0.0695. The van der Waals surface area contributed by atoms with Crippen LogP contribution in [0.3, 0.4) is 0 Å². The molecular weight excluding hydrogens is 290 g/mol. The summed E-state index contributed by atoms with van der Waals surface area (Å²) >= 11 is 0. The average Bonchev–Trinajstić information content (AvgIpc) is 2.99. The van der Waals surface area contributed by atoms with Gasteiger partial charge < -0.3 is 9.84 Å². The number of carbonyl (C=O) groups is 1. The summed E-state index contributed by atoms with van der Waals surface area (Å²) in [6.07, 6.45) is 5.93. The third-order valence-corrected chi connectivity index (χ3v) is 4.01. The molecule has 0 saturated carbocycles. The summed E-state index contributed by atoms with van der Waals surface area (Å²) in [5.74, 6) is -0.0801. The number of aromatic nitrogens is 1. The first-order valence-electron chi connectivity index (χ1n) is 7.82. The Balaban J connectivity index is 1.85. The Hall–Kier alpha value is -2.62. The van der Waals surface area contributed by atoms with Crippen LogP contribution in [-0.2, 0) is 6.42 Å². The van der Waals surface area contributed by atoms with Crippen LogP contribution >= 0.6 is 0 Å². The molecule has 1 unspecified atom stereocenters. The van der Waals surface area contributed by atoms with Gasteiger partial charge in [0.25, 0.3) is 0 Å². The van der Waals surface area contributed by atoms with Crippen molar-refractivity contribution in [1.29, 1.82) is 0 Å². The predicted octanol–water partition coefficient (Wildman–Crippen LogP) is 3.97. The fourth-order valence-electron chi connectivity index (χ4n) is 2.90. The molecule has 1 N–H and O–H groups in total. The van der Waals surface area contributed by atoms with Gasteiger partial charge in [0.15, 0.2) is 0 Å². The highest BCUT2D eigenvalue weighted by Gasteiger charge is 2.26. The van der Waals surface area contributed by atoms with E-state index in [0.717, 1.165) is 35.4 Å². The Bertz CT molecular complexity index is 738. The Morgan fingerprint density at radius 3 is 2.78 bits per heavy atom. The van der Waals surface area contributed by atoms with E-state index in [0.29, 0.717) is 12.0 Å². The summed E-state index contributed by atoms with van der Waals surface area (Å²) in [4.78, 5) is 15.7. The SMILES string of the molecule is CCCC(Oc1ccccc1)C1=Cc2nccc(C(=O)O)c2C1. The topological polar surface area (TPSA) is 59.4 Å². The Kier molecular flexibility index (Phi) is 4.42. The zero-order valence-electron chi connectivity index (χ0n) is 13.0. The molecule has 1 atom stereocenters. The zero-order valence-corrected chi connectivity index (χ0v) is 13.0. The minimum absolute atomic E-state index is 0.0572. The molecule has 4 heteroatoms. The molecule has 2 aromatic rings. The number of pyridine rings is 1. The molecule has 0 aliphatic heterocycles. The highest BCUT2D eigenvalue weighted by atomic mass is 16.5. The van der Waals surface area contributed by atoms with Crippen LogP contribution in [0.1, 0.15) is 41.4 Å². The number of rotatable bonds is 6. The van der Waals surface area contributed by atoms with Gasteiger partial charge in [-0.1, -0.05) is 31.5 Å². The number of aromatic carboxylic acids is 1. The highest BCUT2D eigenvalue weighted by Crippen LogP contribution is 2.31. The van der Waals surface area contributed by atoms with Crippen LogP contribution < -0.4 is 4.74 Å². The molecule has 0 amide bonds. The molecule has 118 valence electrons. The maximum absolute atomic E-state index is 11.4. The van der Waals surface area contributed by atoms with E-state index in [-0.39, 0.29) is 6.10 Å². The quantitative estimate of drug-likeness (QED) is 0.877. The summed E-state index contributed by atoms with van der Waals surface area (Å²) in [5.41, 5.74) is 2.95. The summed E-state index contributed by atoms with van der Waals surface area (Å²) < 4.78 is 6.13. The number of nitrogens with zero attached hydrogens (tertiary/aromatic N) is 1. The molecule has 0 radical (unpaired) electrons. The second kappa shape index (κ2) is 6.65. The van der Waals surface area contributed by atoms with Gasteiger partial charge in [-0.3, -0.25) is 4.98 Å². The molecule has 1 aliphatic rings. The van der Waals surface area contributed by atoms with Crippen LogP contribution in [0.2, 0.25) is 0 Å². The van der Waals surface area contributed by atoms with E-state index in [1.165, 1.54) is 0 Å². The molecule has 0 spiro atoms. The largest absolute Gasteiger partial charge is 0.486 e.